The lowest BCUT2D eigenvalue weighted by atomic mass is 10.0. The number of para-hydroxylation sites is 1. The number of nitrogens with zero attached hydrogens (tertiary/aromatic N) is 4. The highest BCUT2D eigenvalue weighted by molar-refractivity contribution is 9.10. The van der Waals surface area contributed by atoms with Crippen LogP contribution in [0.1, 0.15) is 97.7 Å². The number of alkyl carbamates (subject to hydrolysis) is 1. The first-order chi connectivity index (χ1) is 25.8. The molecule has 0 spiro atoms. The van der Waals surface area contributed by atoms with Gasteiger partial charge in [0.25, 0.3) is 5.91 Å². The van der Waals surface area contributed by atoms with Gasteiger partial charge in [0.1, 0.15) is 51.3 Å². The lowest BCUT2D eigenvalue weighted by Gasteiger charge is -2.39. The maximum Gasteiger partial charge on any atom is 0.408 e. The average molecular weight is 852 g/mol. The van der Waals surface area contributed by atoms with Gasteiger partial charge in [-0.1, -0.05) is 32.0 Å². The van der Waals surface area contributed by atoms with Crippen LogP contribution in [0.5, 0.6) is 5.75 Å². The molecule has 16 heteroatoms. The second-order valence-electron chi connectivity index (χ2n) is 16.5. The summed E-state index contributed by atoms with van der Waals surface area (Å²) >= 11 is 4.82. The van der Waals surface area contributed by atoms with E-state index in [-0.39, 0.29) is 24.0 Å². The molecule has 0 bridgehead atoms. The van der Waals surface area contributed by atoms with Crippen molar-refractivity contribution in [3.63, 3.8) is 0 Å². The van der Waals surface area contributed by atoms with Gasteiger partial charge >= 0.3 is 18.0 Å². The highest BCUT2D eigenvalue weighted by atomic mass is 79.9. The first-order valence-corrected chi connectivity index (χ1v) is 20.6. The highest BCUT2D eigenvalue weighted by Gasteiger charge is 2.42. The number of rotatable bonds is 14. The zero-order chi connectivity index (χ0) is 40.7. The Morgan fingerprint density at radius 1 is 1.04 bits per heavy atom. The average Bonchev–Trinajstić information content (AvgIpc) is 3.73. The summed E-state index contributed by atoms with van der Waals surface area (Å²) in [6.45, 7) is 16.8. The summed E-state index contributed by atoms with van der Waals surface area (Å²) in [7, 11) is 3.17. The summed E-state index contributed by atoms with van der Waals surface area (Å²) in [5.41, 5.74) is 2.46. The molecule has 0 saturated carbocycles. The summed E-state index contributed by atoms with van der Waals surface area (Å²) in [4.78, 5) is 62.6. The number of hydrazine groups is 1. The van der Waals surface area contributed by atoms with Crippen molar-refractivity contribution in [2.45, 2.75) is 129 Å². The molecule has 2 aliphatic rings. The van der Waals surface area contributed by atoms with E-state index in [2.05, 4.69) is 31.6 Å². The predicted octanol–water partition coefficient (Wildman–Crippen LogP) is 5.85. The van der Waals surface area contributed by atoms with E-state index in [9.17, 15) is 19.2 Å². The summed E-state index contributed by atoms with van der Waals surface area (Å²) in [6, 6.07) is 4.68. The monoisotopic (exact) mass is 850 g/mol. The van der Waals surface area contributed by atoms with Crippen LogP contribution in [-0.2, 0) is 35.1 Å². The van der Waals surface area contributed by atoms with Crippen LogP contribution in [0.15, 0.2) is 34.2 Å². The van der Waals surface area contributed by atoms with Gasteiger partial charge in [-0.25, -0.2) is 15.2 Å². The van der Waals surface area contributed by atoms with Gasteiger partial charge in [-0.15, -0.1) is 11.3 Å². The fourth-order valence-corrected chi connectivity index (χ4v) is 8.47. The molecule has 0 unspecified atom stereocenters. The number of aromatic nitrogens is 1. The second-order valence-corrected chi connectivity index (χ2v) is 18.2. The first kappa shape index (κ1) is 44.4. The van der Waals surface area contributed by atoms with Gasteiger partial charge in [0, 0.05) is 30.1 Å². The number of ether oxygens (including phenoxy) is 4. The third-order valence-electron chi connectivity index (χ3n) is 9.30. The van der Waals surface area contributed by atoms with E-state index < -0.39 is 47.3 Å². The van der Waals surface area contributed by atoms with Gasteiger partial charge in [-0.2, -0.15) is 0 Å². The normalized spacial score (nSPS) is 19.8. The molecule has 2 N–H and O–H groups in total. The third-order valence-corrected chi connectivity index (χ3v) is 10.9. The zero-order valence-corrected chi connectivity index (χ0v) is 36.3. The van der Waals surface area contributed by atoms with Crippen molar-refractivity contribution in [3.05, 3.63) is 44.8 Å². The van der Waals surface area contributed by atoms with Gasteiger partial charge < -0.3 is 24.3 Å². The molecule has 306 valence electrons. The van der Waals surface area contributed by atoms with E-state index in [1.165, 1.54) is 23.5 Å². The molecule has 2 aromatic rings. The predicted molar refractivity (Wildman–Crippen MR) is 213 cm³/mol. The number of halogens is 1. The largest absolute Gasteiger partial charge is 0.492 e. The number of benzene rings is 1. The molecule has 2 amide bonds. The molecule has 1 aromatic carbocycles. The number of hydrogen-bond donors (Lipinski definition) is 2. The van der Waals surface area contributed by atoms with Crippen molar-refractivity contribution in [1.82, 2.24) is 30.5 Å². The number of amides is 2. The molecule has 1 aromatic heterocycles. The van der Waals surface area contributed by atoms with Crippen LogP contribution in [0.3, 0.4) is 0 Å². The van der Waals surface area contributed by atoms with E-state index in [4.69, 9.17) is 23.9 Å². The minimum atomic E-state index is -1.18. The van der Waals surface area contributed by atoms with Crippen molar-refractivity contribution in [1.29, 1.82) is 0 Å². The molecular formula is C39H59BrN6O8S. The molecule has 3 heterocycles. The zero-order valence-electron chi connectivity index (χ0n) is 33.8. The fraction of sp³-hybridized carbons (Fsp3) is 0.667. The maximum absolute atomic E-state index is 14.5. The van der Waals surface area contributed by atoms with Crippen LogP contribution in [0.25, 0.3) is 0 Å². The number of carbonyl (C=O) groups is 4. The van der Waals surface area contributed by atoms with Crippen LogP contribution in [0.4, 0.5) is 4.79 Å². The number of likely N-dealkylation sites (tertiary alicyclic amines) is 1. The lowest BCUT2D eigenvalue weighted by molar-refractivity contribution is -0.164. The van der Waals surface area contributed by atoms with E-state index in [1.807, 2.05) is 76.2 Å². The highest BCUT2D eigenvalue weighted by Crippen LogP contribution is 2.33. The van der Waals surface area contributed by atoms with Gasteiger partial charge in [0.2, 0.25) is 0 Å². The number of carbonyl (C=O) groups excluding carboxylic acids is 4. The number of likely N-dealkylation sites (N-methyl/N-ethyl adjacent to an activating group) is 1. The molecule has 2 saturated heterocycles. The first-order valence-electron chi connectivity index (χ1n) is 18.9. The van der Waals surface area contributed by atoms with Gasteiger partial charge in [0.15, 0.2) is 0 Å². The standard InChI is InChI=1S/C39H59BrN6O8S/c1-24(2)31(36(49)53-38(3,4)5)45-19-13-16-26(45)22-52-28-18-12-11-15-25(28)21-44(9)32(33-41-29(40)23-55-33)30(42-37(50)54-39(6,7)8)34(47)46-20-14-17-27(43-46)35(48)51-10/h11-12,15,18,23-24,26-27,30-32,43H,13-14,16-17,19-22H2,1-10H3,(H,42,50)/t26-,27+,30+,31+,32+/m1/s1. The van der Waals surface area contributed by atoms with Crippen molar-refractivity contribution in [3.8, 4) is 5.75 Å². The lowest BCUT2D eigenvalue weighted by Crippen LogP contribution is -2.62. The van der Waals surface area contributed by atoms with E-state index in [1.54, 1.807) is 20.8 Å². The van der Waals surface area contributed by atoms with Crippen molar-refractivity contribution in [2.24, 2.45) is 5.92 Å². The Labute approximate surface area is 338 Å². The molecule has 0 radical (unpaired) electrons. The van der Waals surface area contributed by atoms with E-state index >= 15 is 0 Å². The molecular weight excluding hydrogens is 792 g/mol. The topological polar surface area (TPSA) is 152 Å². The summed E-state index contributed by atoms with van der Waals surface area (Å²) < 4.78 is 23.6. The smallest absolute Gasteiger partial charge is 0.408 e. The molecule has 14 nitrogen and oxygen atoms in total. The van der Waals surface area contributed by atoms with Gasteiger partial charge in [0.05, 0.1) is 13.2 Å². The number of hydrogen-bond acceptors (Lipinski definition) is 13. The Morgan fingerprint density at radius 3 is 2.33 bits per heavy atom. The molecule has 55 heavy (non-hydrogen) atoms. The number of nitrogens with one attached hydrogen (secondary N) is 2. The Balaban J connectivity index is 1.62. The van der Waals surface area contributed by atoms with Crippen LogP contribution in [0, 0.1) is 5.92 Å². The van der Waals surface area contributed by atoms with Crippen LogP contribution in [0.2, 0.25) is 0 Å². The molecule has 5 atom stereocenters. The minimum absolute atomic E-state index is 0.0111. The second kappa shape index (κ2) is 19.2. The fourth-order valence-electron chi connectivity index (χ4n) is 7.01. The number of thiazole rings is 1. The molecule has 2 fully saturated rings. The maximum atomic E-state index is 14.5. The Kier molecular flexibility index (Phi) is 15.5. The Hall–Kier alpha value is -3.31. The summed E-state index contributed by atoms with van der Waals surface area (Å²) in [5.74, 6) is -0.441. The van der Waals surface area contributed by atoms with Crippen molar-refractivity contribution >= 4 is 51.2 Å². The van der Waals surface area contributed by atoms with Crippen LogP contribution >= 0.6 is 27.3 Å². The summed E-state index contributed by atoms with van der Waals surface area (Å²) in [5, 5.41) is 6.63. The van der Waals surface area contributed by atoms with Crippen molar-refractivity contribution in [2.75, 3.05) is 33.9 Å². The van der Waals surface area contributed by atoms with E-state index in [0.29, 0.717) is 47.9 Å². The van der Waals surface area contributed by atoms with Gasteiger partial charge in [-0.05, 0) is 109 Å². The molecule has 0 aliphatic carbocycles. The number of esters is 2. The Morgan fingerprint density at radius 2 is 1.71 bits per heavy atom. The third kappa shape index (κ3) is 12.6. The van der Waals surface area contributed by atoms with Crippen molar-refractivity contribution < 1.29 is 38.1 Å². The SMILES string of the molecule is COC(=O)[C@@H]1CCCN(C(=O)[C@@H](NC(=O)OC(C)(C)C)[C@@H](c2nc(Br)cs2)N(C)Cc2ccccc2OC[C@H]2CCCN2[C@H](C(=O)OC(C)(C)C)C(C)C)N1. The quantitative estimate of drug-likeness (QED) is 0.173. The minimum Gasteiger partial charge on any atom is -0.492 e. The van der Waals surface area contributed by atoms with Crippen LogP contribution in [-0.4, -0.2) is 113 Å². The summed E-state index contributed by atoms with van der Waals surface area (Å²) in [6.07, 6.45) is 2.12. The Bertz CT molecular complexity index is 1630. The molecule has 4 rings (SSSR count). The van der Waals surface area contributed by atoms with E-state index in [0.717, 1.165) is 24.9 Å². The van der Waals surface area contributed by atoms with Gasteiger partial charge in [-0.3, -0.25) is 29.2 Å². The molecule has 2 aliphatic heterocycles. The van der Waals surface area contributed by atoms with Crippen LogP contribution < -0.4 is 15.5 Å². The number of methoxy groups -OCH3 is 1.